The van der Waals surface area contributed by atoms with Gasteiger partial charge in [0.2, 0.25) is 0 Å². The lowest BCUT2D eigenvalue weighted by Gasteiger charge is -2.22. The quantitative estimate of drug-likeness (QED) is 0.311. The molecule has 0 aliphatic carbocycles. The van der Waals surface area contributed by atoms with Gasteiger partial charge in [-0.25, -0.2) is 9.59 Å². The fourth-order valence-corrected chi connectivity index (χ4v) is 1.97. The maximum Gasteiger partial charge on any atom is 0.410 e. The smallest absolute Gasteiger partial charge is 0.410 e. The van der Waals surface area contributed by atoms with Crippen LogP contribution in [0.5, 0.6) is 0 Å². The Morgan fingerprint density at radius 1 is 1.04 bits per heavy atom. The number of hydrogen-bond donors (Lipinski definition) is 0. The summed E-state index contributed by atoms with van der Waals surface area (Å²) >= 11 is 0. The minimum atomic E-state index is -0.669. The highest BCUT2D eigenvalue weighted by Gasteiger charge is 2.24. The monoisotopic (exact) mass is 325 g/mol. The normalized spacial score (nSPS) is 11.4. The number of likely N-dealkylation sites (N-methyl/N-ethyl adjacent to an activating group) is 1. The number of terminal acetylenes is 1. The Balaban J connectivity index is 3.80. The molecule has 0 aromatic carbocycles. The zero-order valence-corrected chi connectivity index (χ0v) is 14.8. The maximum atomic E-state index is 11.9. The highest BCUT2D eigenvalue weighted by Crippen LogP contribution is 2.08. The van der Waals surface area contributed by atoms with Crippen LogP contribution in [0, 0.1) is 12.3 Å². The third-order valence-electron chi connectivity index (χ3n) is 3.67. The topological polar surface area (TPSA) is 55.8 Å². The molecule has 0 saturated carbocycles. The van der Waals surface area contributed by atoms with Crippen molar-refractivity contribution in [2.45, 2.75) is 71.3 Å². The number of unbranched alkanes of at least 4 members (excludes halogenated alkanes) is 6. The molecule has 23 heavy (non-hydrogen) atoms. The first-order chi connectivity index (χ1) is 11.0. The van der Waals surface area contributed by atoms with E-state index >= 15 is 0 Å². The number of carbonyl (C=O) groups is 2. The minimum absolute atomic E-state index is 0.152. The summed E-state index contributed by atoms with van der Waals surface area (Å²) < 4.78 is 10.1. The van der Waals surface area contributed by atoms with Crippen molar-refractivity contribution in [2.24, 2.45) is 0 Å². The molecule has 0 heterocycles. The Morgan fingerprint density at radius 2 is 1.65 bits per heavy atom. The summed E-state index contributed by atoms with van der Waals surface area (Å²) in [6.07, 6.45) is 13.0. The predicted octanol–water partition coefficient (Wildman–Crippen LogP) is 3.76. The molecule has 0 aromatic heterocycles. The van der Waals surface area contributed by atoms with E-state index in [2.05, 4.69) is 12.8 Å². The first-order valence-corrected chi connectivity index (χ1v) is 8.54. The summed E-state index contributed by atoms with van der Waals surface area (Å²) in [6.45, 7) is 4.37. The molecule has 1 atom stereocenters. The molecule has 0 rings (SSSR count). The van der Waals surface area contributed by atoms with E-state index in [1.807, 2.05) is 0 Å². The predicted molar refractivity (Wildman–Crippen MR) is 91.0 cm³/mol. The second-order valence-corrected chi connectivity index (χ2v) is 5.64. The lowest BCUT2D eigenvalue weighted by molar-refractivity contribution is -0.148. The van der Waals surface area contributed by atoms with E-state index in [0.29, 0.717) is 13.0 Å². The van der Waals surface area contributed by atoms with Crippen molar-refractivity contribution in [3.8, 4) is 12.3 Å². The summed E-state index contributed by atoms with van der Waals surface area (Å²) in [4.78, 5) is 24.8. The van der Waals surface area contributed by atoms with Gasteiger partial charge in [0.1, 0.15) is 12.6 Å². The molecular weight excluding hydrogens is 294 g/mol. The Labute approximate surface area is 140 Å². The van der Waals surface area contributed by atoms with Gasteiger partial charge in [-0.15, -0.1) is 12.3 Å². The van der Waals surface area contributed by atoms with E-state index in [9.17, 15) is 9.59 Å². The van der Waals surface area contributed by atoms with Gasteiger partial charge in [0.15, 0.2) is 0 Å². The molecule has 0 spiro atoms. The van der Waals surface area contributed by atoms with Crippen molar-refractivity contribution in [3.05, 3.63) is 0 Å². The van der Waals surface area contributed by atoms with Gasteiger partial charge < -0.3 is 9.47 Å². The third kappa shape index (κ3) is 10.6. The second kappa shape index (κ2) is 13.9. The van der Waals surface area contributed by atoms with Gasteiger partial charge in [0.25, 0.3) is 0 Å². The summed E-state index contributed by atoms with van der Waals surface area (Å²) in [7, 11) is 1.51. The third-order valence-corrected chi connectivity index (χ3v) is 3.67. The molecule has 0 saturated heterocycles. The van der Waals surface area contributed by atoms with E-state index in [-0.39, 0.29) is 6.61 Å². The van der Waals surface area contributed by atoms with Crippen molar-refractivity contribution in [2.75, 3.05) is 20.3 Å². The average Bonchev–Trinajstić information content (AvgIpc) is 2.55. The molecule has 5 heteroatoms. The van der Waals surface area contributed by atoms with E-state index < -0.39 is 18.1 Å². The van der Waals surface area contributed by atoms with Crippen LogP contribution in [0.3, 0.4) is 0 Å². The van der Waals surface area contributed by atoms with Crippen LogP contribution >= 0.6 is 0 Å². The SMILES string of the molecule is C#CCCOC(=O)N(C)C(C)C(=O)OCCCCCCCCC. The summed E-state index contributed by atoms with van der Waals surface area (Å²) in [5.41, 5.74) is 0. The van der Waals surface area contributed by atoms with Crippen LogP contribution in [-0.4, -0.2) is 43.3 Å². The molecule has 0 aliphatic rings. The molecule has 0 bridgehead atoms. The Kier molecular flexibility index (Phi) is 12.9. The van der Waals surface area contributed by atoms with Gasteiger partial charge in [-0.3, -0.25) is 4.90 Å². The number of ether oxygens (including phenoxy) is 2. The molecule has 0 aliphatic heterocycles. The number of carbonyl (C=O) groups excluding carboxylic acids is 2. The zero-order chi connectivity index (χ0) is 17.5. The Hall–Kier alpha value is -1.70. The van der Waals surface area contributed by atoms with E-state index in [1.54, 1.807) is 6.92 Å². The number of rotatable bonds is 12. The van der Waals surface area contributed by atoms with Crippen LogP contribution in [0.2, 0.25) is 0 Å². The largest absolute Gasteiger partial charge is 0.464 e. The van der Waals surface area contributed by atoms with Crippen LogP contribution in [0.4, 0.5) is 4.79 Å². The molecule has 0 N–H and O–H groups in total. The highest BCUT2D eigenvalue weighted by molar-refractivity contribution is 5.80. The number of esters is 1. The maximum absolute atomic E-state index is 11.9. The molecule has 0 aromatic rings. The fraction of sp³-hybridized carbons (Fsp3) is 0.778. The molecule has 0 fully saturated rings. The van der Waals surface area contributed by atoms with Gasteiger partial charge in [-0.05, 0) is 13.3 Å². The van der Waals surface area contributed by atoms with Crippen LogP contribution in [0.15, 0.2) is 0 Å². The van der Waals surface area contributed by atoms with Crippen molar-refractivity contribution < 1.29 is 19.1 Å². The minimum Gasteiger partial charge on any atom is -0.464 e. The average molecular weight is 325 g/mol. The summed E-state index contributed by atoms with van der Waals surface area (Å²) in [6, 6.07) is -0.669. The van der Waals surface area contributed by atoms with Crippen molar-refractivity contribution in [3.63, 3.8) is 0 Å². The van der Waals surface area contributed by atoms with E-state index in [1.165, 1.54) is 44.1 Å². The Morgan fingerprint density at radius 3 is 2.26 bits per heavy atom. The second-order valence-electron chi connectivity index (χ2n) is 5.64. The van der Waals surface area contributed by atoms with Gasteiger partial charge in [0.05, 0.1) is 6.61 Å². The lowest BCUT2D eigenvalue weighted by Crippen LogP contribution is -2.41. The molecule has 5 nitrogen and oxygen atoms in total. The van der Waals surface area contributed by atoms with Gasteiger partial charge in [-0.1, -0.05) is 45.4 Å². The number of hydrogen-bond acceptors (Lipinski definition) is 4. The molecule has 1 amide bonds. The highest BCUT2D eigenvalue weighted by atomic mass is 16.6. The first kappa shape index (κ1) is 21.3. The molecular formula is C18H31NO4. The van der Waals surface area contributed by atoms with Gasteiger partial charge in [-0.2, -0.15) is 0 Å². The lowest BCUT2D eigenvalue weighted by atomic mass is 10.1. The zero-order valence-electron chi connectivity index (χ0n) is 14.8. The number of nitrogens with zero attached hydrogens (tertiary/aromatic N) is 1. The fourth-order valence-electron chi connectivity index (χ4n) is 1.97. The first-order valence-electron chi connectivity index (χ1n) is 8.54. The summed E-state index contributed by atoms with van der Waals surface area (Å²) in [5.74, 6) is 1.97. The number of amides is 1. The molecule has 132 valence electrons. The standard InChI is InChI=1S/C18H31NO4/c1-5-7-9-10-11-12-13-15-22-17(20)16(3)19(4)18(21)23-14-8-6-2/h2,16H,5,7-15H2,1,3-4H3. The Bertz CT molecular complexity index is 376. The van der Waals surface area contributed by atoms with Crippen LogP contribution in [0.25, 0.3) is 0 Å². The van der Waals surface area contributed by atoms with Gasteiger partial charge >= 0.3 is 12.1 Å². The molecule has 0 radical (unpaired) electrons. The molecule has 1 unspecified atom stereocenters. The summed E-state index contributed by atoms with van der Waals surface area (Å²) in [5, 5.41) is 0. The van der Waals surface area contributed by atoms with E-state index in [4.69, 9.17) is 15.9 Å². The van der Waals surface area contributed by atoms with Gasteiger partial charge in [0, 0.05) is 13.5 Å². The van der Waals surface area contributed by atoms with Crippen molar-refractivity contribution in [1.82, 2.24) is 4.90 Å². The van der Waals surface area contributed by atoms with Crippen molar-refractivity contribution in [1.29, 1.82) is 0 Å². The van der Waals surface area contributed by atoms with Crippen LogP contribution in [-0.2, 0) is 14.3 Å². The van der Waals surface area contributed by atoms with Crippen LogP contribution in [0.1, 0.15) is 65.2 Å². The van der Waals surface area contributed by atoms with Crippen LogP contribution < -0.4 is 0 Å². The van der Waals surface area contributed by atoms with Crippen molar-refractivity contribution >= 4 is 12.1 Å². The van der Waals surface area contributed by atoms with E-state index in [0.717, 1.165) is 12.8 Å².